The number of aromatic nitrogens is 7. The van der Waals surface area contributed by atoms with Gasteiger partial charge in [-0.2, -0.15) is 0 Å². The number of pyridine rings is 2. The minimum absolute atomic E-state index is 0.470. The first-order valence-corrected chi connectivity index (χ1v) is 25.8. The van der Waals surface area contributed by atoms with Crippen molar-refractivity contribution in [2.24, 2.45) is 10.7 Å². The number of fused-ring (bicyclic) bond motifs is 6. The maximum atomic E-state index is 5.66. The zero-order valence-electron chi connectivity index (χ0n) is 45.2. The van der Waals surface area contributed by atoms with E-state index in [1.165, 1.54) is 66.1 Å². The number of nitrogens with zero attached hydrogens (tertiary/aromatic N) is 5. The predicted octanol–water partition coefficient (Wildman–Crippen LogP) is 16.5. The number of nitrogen functional groups attached to an aromatic ring is 1. The SMILES string of the molecule is CC(C)c1c[nH]c2ccccc12.CC(C)c1c[nH]c2ccncc12.CC(C)c1c[nH]c2ncccc12.CC(C)c1ccc2c(c1)CC(N)=N2.CC(C)c1ccc2onc(N)c2c1.CC(C)c1ccc2oncc2c1. The van der Waals surface area contributed by atoms with Gasteiger partial charge in [-0.15, -0.1) is 0 Å². The molecule has 0 amide bonds. The number of hydrogen-bond donors (Lipinski definition) is 5. The third kappa shape index (κ3) is 13.3. The molecule has 7 N–H and O–H groups in total. The smallest absolute Gasteiger partial charge is 0.174 e. The topological polar surface area (TPSA) is 190 Å². The Labute approximate surface area is 435 Å². The first-order chi connectivity index (χ1) is 35.5. The molecule has 0 radical (unpaired) electrons. The van der Waals surface area contributed by atoms with E-state index in [0.717, 1.165) is 45.5 Å². The Bertz CT molecular complexity index is 3380. The van der Waals surface area contributed by atoms with Crippen molar-refractivity contribution in [3.8, 4) is 0 Å². The number of aliphatic imine (C=N–C) groups is 1. The van der Waals surface area contributed by atoms with Crippen LogP contribution in [0.25, 0.3) is 54.8 Å². The minimum Gasteiger partial charge on any atom is -0.387 e. The molecule has 1 aliphatic heterocycles. The summed E-state index contributed by atoms with van der Waals surface area (Å²) in [7, 11) is 0. The van der Waals surface area contributed by atoms with Gasteiger partial charge in [0.15, 0.2) is 17.0 Å². The van der Waals surface area contributed by atoms with E-state index in [-0.39, 0.29) is 0 Å². The van der Waals surface area contributed by atoms with Crippen LogP contribution in [-0.2, 0) is 6.42 Å². The molecular weight excluding hydrogens is 917 g/mol. The van der Waals surface area contributed by atoms with E-state index in [1.54, 1.807) is 6.20 Å². The Morgan fingerprint density at radius 3 is 1.77 bits per heavy atom. The van der Waals surface area contributed by atoms with Crippen molar-refractivity contribution in [1.82, 2.24) is 35.2 Å². The molecule has 0 saturated carbocycles. The number of hydrogen-bond acceptors (Lipinski definition) is 9. The molecule has 0 saturated heterocycles. The highest BCUT2D eigenvalue weighted by Crippen LogP contribution is 2.30. The first kappa shape index (κ1) is 53.8. The maximum Gasteiger partial charge on any atom is 0.174 e. The van der Waals surface area contributed by atoms with Crippen LogP contribution in [0.5, 0.6) is 0 Å². The first-order valence-electron chi connectivity index (χ1n) is 25.8. The molecule has 384 valence electrons. The van der Waals surface area contributed by atoms with E-state index in [2.05, 4.69) is 196 Å². The van der Waals surface area contributed by atoms with E-state index in [9.17, 15) is 0 Å². The van der Waals surface area contributed by atoms with E-state index in [0.29, 0.717) is 41.3 Å². The molecule has 0 atom stereocenters. The van der Waals surface area contributed by atoms with Gasteiger partial charge in [0, 0.05) is 76.2 Å². The molecule has 12 rings (SSSR count). The van der Waals surface area contributed by atoms with Crippen LogP contribution in [0.15, 0.2) is 154 Å². The summed E-state index contributed by atoms with van der Waals surface area (Å²) >= 11 is 0. The summed E-state index contributed by atoms with van der Waals surface area (Å²) in [6, 6.07) is 33.1. The van der Waals surface area contributed by atoms with E-state index in [1.807, 2.05) is 61.2 Å². The third-order valence-electron chi connectivity index (χ3n) is 13.1. The number of amidine groups is 1. The van der Waals surface area contributed by atoms with Crippen molar-refractivity contribution in [1.29, 1.82) is 0 Å². The second kappa shape index (κ2) is 24.6. The number of nitrogens with two attached hydrogens (primary N) is 2. The van der Waals surface area contributed by atoms with Gasteiger partial charge in [0.25, 0.3) is 0 Å². The average molecular weight is 991 g/mol. The molecule has 0 unspecified atom stereocenters. The molecule has 12 heteroatoms. The van der Waals surface area contributed by atoms with Crippen LogP contribution in [0, 0.1) is 0 Å². The summed E-state index contributed by atoms with van der Waals surface area (Å²) in [6.45, 7) is 26.2. The monoisotopic (exact) mass is 991 g/mol. The number of H-pyrrole nitrogens is 3. The third-order valence-corrected chi connectivity index (χ3v) is 13.1. The molecule has 4 aromatic carbocycles. The van der Waals surface area contributed by atoms with Crippen molar-refractivity contribution >= 4 is 72.1 Å². The van der Waals surface area contributed by atoms with Crippen molar-refractivity contribution in [2.45, 2.75) is 125 Å². The summed E-state index contributed by atoms with van der Waals surface area (Å²) in [5, 5.41) is 13.3. The molecule has 11 aromatic rings. The highest BCUT2D eigenvalue weighted by molar-refractivity contribution is 5.91. The van der Waals surface area contributed by atoms with Gasteiger partial charge < -0.3 is 35.5 Å². The Hall–Kier alpha value is -7.99. The fourth-order valence-corrected chi connectivity index (χ4v) is 8.68. The van der Waals surface area contributed by atoms with Gasteiger partial charge in [0.2, 0.25) is 0 Å². The number of para-hydroxylation sites is 1. The summed E-state index contributed by atoms with van der Waals surface area (Å²) in [5.74, 6) is 4.55. The molecule has 0 aliphatic carbocycles. The van der Waals surface area contributed by atoms with Crippen LogP contribution >= 0.6 is 0 Å². The van der Waals surface area contributed by atoms with Crippen LogP contribution in [0.4, 0.5) is 11.5 Å². The summed E-state index contributed by atoms with van der Waals surface area (Å²) < 4.78 is 10.0. The van der Waals surface area contributed by atoms with Crippen molar-refractivity contribution in [3.63, 3.8) is 0 Å². The fraction of sp³-hybridized carbons (Fsp3) is 0.306. The standard InChI is InChI=1S/C11H14N2.C11H13N.C10H12N2O.2C10H12N2.C10H11NO/c1-7(2)8-3-4-10-9(5-8)6-11(12)13-10;1-8(2)10-7-12-11-6-4-3-5-9(10)11;1-6(2)7-3-4-9-8(5-7)10(11)12-13-9;1-7(2)8-6-12-10-3-4-11-5-9(8)10;1-7(2)9-6-12-10-8(9)4-3-5-11-10;1-7(2)8-3-4-10-9(5-8)6-11-12-10/h3-5,7H,6H2,1-2H3,(H2,12,13);3-8,12H,1-2H3;3-6H,1-2H3,(H2,11,12);3-7,12H,1-2H3;3-7H,1-2H3,(H,11,12);3-7H,1-2H3. The van der Waals surface area contributed by atoms with Crippen LogP contribution in [0.1, 0.15) is 158 Å². The largest absolute Gasteiger partial charge is 0.387 e. The molecule has 74 heavy (non-hydrogen) atoms. The number of aromatic amines is 3. The second-order valence-electron chi connectivity index (χ2n) is 20.6. The molecular formula is C62H74N10O2. The lowest BCUT2D eigenvalue weighted by molar-refractivity contribution is 0.456. The van der Waals surface area contributed by atoms with Gasteiger partial charge in [-0.25, -0.2) is 9.98 Å². The van der Waals surface area contributed by atoms with Gasteiger partial charge in [0.05, 0.1) is 17.3 Å². The van der Waals surface area contributed by atoms with Crippen LogP contribution in [-0.4, -0.2) is 41.1 Å². The Morgan fingerprint density at radius 2 is 1.08 bits per heavy atom. The quantitative estimate of drug-likeness (QED) is 0.109. The van der Waals surface area contributed by atoms with Crippen molar-refractivity contribution in [3.05, 3.63) is 179 Å². The summed E-state index contributed by atoms with van der Waals surface area (Å²) in [6.07, 6.45) is 14.3. The van der Waals surface area contributed by atoms with Gasteiger partial charge >= 0.3 is 0 Å². The lowest BCUT2D eigenvalue weighted by Gasteiger charge is -2.06. The van der Waals surface area contributed by atoms with Crippen molar-refractivity contribution in [2.75, 3.05) is 5.73 Å². The zero-order chi connectivity index (χ0) is 53.1. The Balaban J connectivity index is 0.000000130. The van der Waals surface area contributed by atoms with Gasteiger partial charge in [-0.1, -0.05) is 136 Å². The fourth-order valence-electron chi connectivity index (χ4n) is 8.68. The number of nitrogens with one attached hydrogen (secondary N) is 3. The minimum atomic E-state index is 0.470. The van der Waals surface area contributed by atoms with Crippen LogP contribution in [0.2, 0.25) is 0 Å². The molecule has 0 spiro atoms. The molecule has 7 aromatic heterocycles. The Morgan fingerprint density at radius 1 is 0.500 bits per heavy atom. The van der Waals surface area contributed by atoms with Gasteiger partial charge in [-0.3, -0.25) is 4.98 Å². The number of rotatable bonds is 6. The maximum absolute atomic E-state index is 5.66. The predicted molar refractivity (Wildman–Crippen MR) is 309 cm³/mol. The van der Waals surface area contributed by atoms with Gasteiger partial charge in [0.1, 0.15) is 11.5 Å². The lowest BCUT2D eigenvalue weighted by Crippen LogP contribution is -2.09. The second-order valence-corrected chi connectivity index (χ2v) is 20.6. The average Bonchev–Trinajstić information content (AvgIpc) is 4.26. The molecule has 0 fully saturated rings. The van der Waals surface area contributed by atoms with E-state index >= 15 is 0 Å². The summed E-state index contributed by atoms with van der Waals surface area (Å²) in [4.78, 5) is 22.2. The van der Waals surface area contributed by atoms with Crippen molar-refractivity contribution < 1.29 is 9.05 Å². The number of benzene rings is 4. The Kier molecular flexibility index (Phi) is 17.9. The molecule has 12 nitrogen and oxygen atoms in total. The lowest BCUT2D eigenvalue weighted by atomic mass is 9.99. The highest BCUT2D eigenvalue weighted by atomic mass is 16.5. The van der Waals surface area contributed by atoms with Crippen LogP contribution < -0.4 is 11.5 Å². The normalized spacial score (nSPS) is 11.8. The summed E-state index contributed by atoms with van der Waals surface area (Å²) in [5.41, 5.74) is 26.7. The van der Waals surface area contributed by atoms with E-state index in [4.69, 9.17) is 20.5 Å². The molecule has 0 bridgehead atoms. The van der Waals surface area contributed by atoms with Gasteiger partial charge in [-0.05, 0) is 129 Å². The zero-order valence-corrected chi connectivity index (χ0v) is 45.2. The van der Waals surface area contributed by atoms with Crippen LogP contribution in [0.3, 0.4) is 0 Å². The molecule has 8 heterocycles. The highest BCUT2D eigenvalue weighted by Gasteiger charge is 2.14. The van der Waals surface area contributed by atoms with E-state index < -0.39 is 0 Å². The number of anilines is 1. The molecule has 1 aliphatic rings.